The van der Waals surface area contributed by atoms with Crippen molar-refractivity contribution in [3.8, 4) is 11.1 Å². The molecule has 1 aliphatic rings. The molecule has 1 atom stereocenters. The molecule has 4 nitrogen and oxygen atoms in total. The van der Waals surface area contributed by atoms with E-state index >= 15 is 0 Å². The summed E-state index contributed by atoms with van der Waals surface area (Å²) in [5.74, 6) is -0.727. The number of hydrogen-bond acceptors (Lipinski definition) is 4. The van der Waals surface area contributed by atoms with E-state index in [9.17, 15) is 9.59 Å². The first-order valence-corrected chi connectivity index (χ1v) is 8.27. The summed E-state index contributed by atoms with van der Waals surface area (Å²) in [7, 11) is 0. The van der Waals surface area contributed by atoms with Crippen LogP contribution >= 0.6 is 0 Å². The molecule has 3 aromatic rings. The number of nitrogens with zero attached hydrogens (tertiary/aromatic N) is 1. The fourth-order valence-electron chi connectivity index (χ4n) is 3.50. The Hall–Kier alpha value is -3.01. The van der Waals surface area contributed by atoms with Crippen molar-refractivity contribution in [2.45, 2.75) is 18.8 Å². The van der Waals surface area contributed by atoms with Crippen molar-refractivity contribution >= 4 is 22.7 Å². The number of cyclic esters (lactones) is 1. The SMILES string of the molecule is CC(=O)C1(c2nc3ccccc3cc2-c2ccccc2)CCOC1=O. The Labute approximate surface area is 145 Å². The zero-order valence-corrected chi connectivity index (χ0v) is 13.9. The Kier molecular flexibility index (Phi) is 3.61. The van der Waals surface area contributed by atoms with Crippen LogP contribution in [0.5, 0.6) is 0 Å². The van der Waals surface area contributed by atoms with E-state index < -0.39 is 11.4 Å². The maximum Gasteiger partial charge on any atom is 0.325 e. The van der Waals surface area contributed by atoms with Gasteiger partial charge in [0.25, 0.3) is 0 Å². The Morgan fingerprint density at radius 2 is 1.80 bits per heavy atom. The molecule has 1 saturated heterocycles. The van der Waals surface area contributed by atoms with E-state index in [1.54, 1.807) is 0 Å². The zero-order chi connectivity index (χ0) is 17.4. The van der Waals surface area contributed by atoms with Crippen molar-refractivity contribution in [1.29, 1.82) is 0 Å². The van der Waals surface area contributed by atoms with Crippen LogP contribution in [0.1, 0.15) is 19.0 Å². The Balaban J connectivity index is 2.08. The smallest absolute Gasteiger partial charge is 0.325 e. The Morgan fingerprint density at radius 1 is 1.08 bits per heavy atom. The molecule has 0 bridgehead atoms. The molecule has 2 heterocycles. The van der Waals surface area contributed by atoms with Crippen LogP contribution in [-0.4, -0.2) is 23.3 Å². The van der Waals surface area contributed by atoms with Gasteiger partial charge in [0.1, 0.15) is 0 Å². The molecular formula is C21H17NO3. The van der Waals surface area contributed by atoms with Gasteiger partial charge < -0.3 is 4.74 Å². The topological polar surface area (TPSA) is 56.3 Å². The number of para-hydroxylation sites is 1. The molecule has 1 fully saturated rings. The summed E-state index contributed by atoms with van der Waals surface area (Å²) in [6.07, 6.45) is 0.326. The molecule has 0 aliphatic carbocycles. The summed E-state index contributed by atoms with van der Waals surface area (Å²) in [6, 6.07) is 19.4. The molecule has 4 heteroatoms. The van der Waals surface area contributed by atoms with Crippen molar-refractivity contribution in [3.05, 3.63) is 66.4 Å². The highest BCUT2D eigenvalue weighted by Gasteiger charge is 2.53. The van der Waals surface area contributed by atoms with Crippen LogP contribution < -0.4 is 0 Å². The largest absolute Gasteiger partial charge is 0.465 e. The van der Waals surface area contributed by atoms with Gasteiger partial charge >= 0.3 is 5.97 Å². The van der Waals surface area contributed by atoms with Crippen LogP contribution in [0.15, 0.2) is 60.7 Å². The standard InChI is InChI=1S/C21H17NO3/c1-14(23)21(11-12-25-20(21)24)19-17(15-7-3-2-4-8-15)13-16-9-5-6-10-18(16)22-19/h2-10,13H,11-12H2,1H3. The van der Waals surface area contributed by atoms with E-state index in [0.717, 1.165) is 22.0 Å². The highest BCUT2D eigenvalue weighted by molar-refractivity contribution is 6.11. The van der Waals surface area contributed by atoms with Crippen LogP contribution in [0.25, 0.3) is 22.0 Å². The number of fused-ring (bicyclic) bond motifs is 1. The second-order valence-corrected chi connectivity index (χ2v) is 6.29. The van der Waals surface area contributed by atoms with Crippen molar-refractivity contribution in [3.63, 3.8) is 0 Å². The number of Topliss-reactive ketones (excluding diaryl/α,β-unsaturated/α-hetero) is 1. The minimum absolute atomic E-state index is 0.227. The number of rotatable bonds is 3. The summed E-state index contributed by atoms with van der Waals surface area (Å²) >= 11 is 0. The number of aromatic nitrogens is 1. The first-order valence-electron chi connectivity index (χ1n) is 8.27. The van der Waals surface area contributed by atoms with E-state index in [-0.39, 0.29) is 12.4 Å². The van der Waals surface area contributed by atoms with Crippen LogP contribution in [0.2, 0.25) is 0 Å². The van der Waals surface area contributed by atoms with Gasteiger partial charge in [-0.2, -0.15) is 0 Å². The summed E-state index contributed by atoms with van der Waals surface area (Å²) in [5.41, 5.74) is 1.66. The lowest BCUT2D eigenvalue weighted by Crippen LogP contribution is -2.40. The molecule has 1 aliphatic heterocycles. The third-order valence-electron chi connectivity index (χ3n) is 4.87. The molecule has 25 heavy (non-hydrogen) atoms. The number of ether oxygens (including phenoxy) is 1. The first kappa shape index (κ1) is 15.5. The van der Waals surface area contributed by atoms with Crippen LogP contribution in [-0.2, 0) is 19.7 Å². The average Bonchev–Trinajstić information content (AvgIpc) is 3.04. The number of carbonyl (C=O) groups excluding carboxylic acids is 2. The van der Waals surface area contributed by atoms with Gasteiger partial charge in [-0.3, -0.25) is 14.6 Å². The van der Waals surface area contributed by atoms with E-state index in [0.29, 0.717) is 12.1 Å². The zero-order valence-electron chi connectivity index (χ0n) is 13.9. The Bertz CT molecular complexity index is 981. The second-order valence-electron chi connectivity index (χ2n) is 6.29. The minimum Gasteiger partial charge on any atom is -0.465 e. The highest BCUT2D eigenvalue weighted by atomic mass is 16.5. The average molecular weight is 331 g/mol. The summed E-state index contributed by atoms with van der Waals surface area (Å²) < 4.78 is 5.19. The summed E-state index contributed by atoms with van der Waals surface area (Å²) in [5, 5.41) is 0.968. The lowest BCUT2D eigenvalue weighted by molar-refractivity contribution is -0.146. The van der Waals surface area contributed by atoms with Gasteiger partial charge in [0.15, 0.2) is 11.2 Å². The quantitative estimate of drug-likeness (QED) is 0.543. The number of carbonyl (C=O) groups is 2. The highest BCUT2D eigenvalue weighted by Crippen LogP contribution is 2.41. The van der Waals surface area contributed by atoms with Gasteiger partial charge in [-0.15, -0.1) is 0 Å². The molecule has 2 aromatic carbocycles. The van der Waals surface area contributed by atoms with Crippen molar-refractivity contribution in [2.75, 3.05) is 6.61 Å². The van der Waals surface area contributed by atoms with E-state index in [1.807, 2.05) is 60.7 Å². The molecule has 124 valence electrons. The fraction of sp³-hybridized carbons (Fsp3) is 0.190. The van der Waals surface area contributed by atoms with Crippen molar-refractivity contribution in [1.82, 2.24) is 4.98 Å². The second kappa shape index (κ2) is 5.81. The van der Waals surface area contributed by atoms with E-state index in [4.69, 9.17) is 9.72 Å². The minimum atomic E-state index is -1.32. The fourth-order valence-corrected chi connectivity index (χ4v) is 3.50. The summed E-state index contributed by atoms with van der Waals surface area (Å²) in [6.45, 7) is 1.68. The van der Waals surface area contributed by atoms with Gasteiger partial charge in [0.05, 0.1) is 17.8 Å². The molecule has 0 radical (unpaired) electrons. The molecule has 4 rings (SSSR count). The number of ketones is 1. The number of pyridine rings is 1. The monoisotopic (exact) mass is 331 g/mol. The molecule has 1 unspecified atom stereocenters. The van der Waals surface area contributed by atoms with Gasteiger partial charge in [0.2, 0.25) is 0 Å². The van der Waals surface area contributed by atoms with Crippen molar-refractivity contribution < 1.29 is 14.3 Å². The van der Waals surface area contributed by atoms with Gasteiger partial charge in [0, 0.05) is 17.4 Å². The van der Waals surface area contributed by atoms with Gasteiger partial charge in [-0.05, 0) is 24.6 Å². The number of hydrogen-bond donors (Lipinski definition) is 0. The molecule has 0 saturated carbocycles. The Morgan fingerprint density at radius 3 is 2.48 bits per heavy atom. The van der Waals surface area contributed by atoms with E-state index in [2.05, 4.69) is 0 Å². The third kappa shape index (κ3) is 2.33. The summed E-state index contributed by atoms with van der Waals surface area (Å²) in [4.78, 5) is 29.9. The number of esters is 1. The van der Waals surface area contributed by atoms with Gasteiger partial charge in [-0.25, -0.2) is 0 Å². The first-order chi connectivity index (χ1) is 12.1. The molecule has 1 aromatic heterocycles. The predicted octanol–water partition coefficient (Wildman–Crippen LogP) is 3.68. The van der Waals surface area contributed by atoms with Crippen LogP contribution in [0.4, 0.5) is 0 Å². The third-order valence-corrected chi connectivity index (χ3v) is 4.87. The lowest BCUT2D eigenvalue weighted by atomic mass is 9.76. The van der Waals surface area contributed by atoms with Crippen LogP contribution in [0, 0.1) is 0 Å². The molecular weight excluding hydrogens is 314 g/mol. The lowest BCUT2D eigenvalue weighted by Gasteiger charge is -2.24. The maximum absolute atomic E-state index is 12.6. The predicted molar refractivity (Wildman–Crippen MR) is 95.1 cm³/mol. The van der Waals surface area contributed by atoms with Gasteiger partial charge in [-0.1, -0.05) is 48.5 Å². The van der Waals surface area contributed by atoms with E-state index in [1.165, 1.54) is 6.92 Å². The molecule has 0 amide bonds. The van der Waals surface area contributed by atoms with Crippen molar-refractivity contribution in [2.24, 2.45) is 0 Å². The molecule has 0 spiro atoms. The van der Waals surface area contributed by atoms with Crippen LogP contribution in [0.3, 0.4) is 0 Å². The normalized spacial score (nSPS) is 19.8. The maximum atomic E-state index is 12.6. The molecule has 0 N–H and O–H groups in total. The number of benzene rings is 2.